The van der Waals surface area contributed by atoms with Crippen molar-refractivity contribution in [3.05, 3.63) is 47.5 Å². The summed E-state index contributed by atoms with van der Waals surface area (Å²) in [6, 6.07) is 5.32. The summed E-state index contributed by atoms with van der Waals surface area (Å²) in [4.78, 5) is 21.1. The summed E-state index contributed by atoms with van der Waals surface area (Å²) < 4.78 is 1.95. The van der Waals surface area contributed by atoms with E-state index in [4.69, 9.17) is 11.6 Å². The highest BCUT2D eigenvalue weighted by Gasteiger charge is 2.42. The first-order valence-corrected chi connectivity index (χ1v) is 10.7. The predicted molar refractivity (Wildman–Crippen MR) is 111 cm³/mol. The van der Waals surface area contributed by atoms with Crippen LogP contribution in [0.1, 0.15) is 36.2 Å². The maximum absolute atomic E-state index is 12.7. The van der Waals surface area contributed by atoms with E-state index in [2.05, 4.69) is 15.0 Å². The van der Waals surface area contributed by atoms with Gasteiger partial charge in [-0.15, -0.1) is 0 Å². The van der Waals surface area contributed by atoms with Gasteiger partial charge in [-0.05, 0) is 49.3 Å². The van der Waals surface area contributed by atoms with Gasteiger partial charge in [0.05, 0.1) is 11.1 Å². The molecule has 1 atom stereocenters. The van der Waals surface area contributed by atoms with Gasteiger partial charge in [0.25, 0.3) is 5.91 Å². The number of piperidine rings is 2. The first-order valence-electron chi connectivity index (χ1n) is 10.3. The second kappa shape index (κ2) is 8.81. The molecular weight excluding hydrogens is 390 g/mol. The fraction of sp³-hybridized carbons (Fsp3) is 0.571. The number of aliphatic hydroxyl groups excluding tert-OH is 1. The van der Waals surface area contributed by atoms with Gasteiger partial charge in [-0.1, -0.05) is 11.6 Å². The largest absolute Gasteiger partial charge is 0.392 e. The van der Waals surface area contributed by atoms with Crippen molar-refractivity contribution in [3.63, 3.8) is 0 Å². The Hall–Kier alpha value is -1.96. The molecule has 156 valence electrons. The smallest absolute Gasteiger partial charge is 0.272 e. The Morgan fingerprint density at radius 2 is 2.10 bits per heavy atom. The van der Waals surface area contributed by atoms with Crippen LogP contribution in [-0.2, 0) is 6.54 Å². The van der Waals surface area contributed by atoms with Crippen molar-refractivity contribution in [1.29, 1.82) is 0 Å². The van der Waals surface area contributed by atoms with Crippen LogP contribution in [0.3, 0.4) is 0 Å². The Morgan fingerprint density at radius 1 is 1.28 bits per heavy atom. The van der Waals surface area contributed by atoms with E-state index >= 15 is 0 Å². The van der Waals surface area contributed by atoms with Crippen molar-refractivity contribution < 1.29 is 9.90 Å². The molecule has 2 saturated heterocycles. The monoisotopic (exact) mass is 417 g/mol. The zero-order chi connectivity index (χ0) is 20.3. The number of aliphatic hydroxyl groups is 1. The highest BCUT2D eigenvalue weighted by Crippen LogP contribution is 2.40. The van der Waals surface area contributed by atoms with Crippen LogP contribution in [0.15, 0.2) is 36.8 Å². The third-order valence-electron chi connectivity index (χ3n) is 6.18. The zero-order valence-electron chi connectivity index (χ0n) is 16.6. The van der Waals surface area contributed by atoms with Crippen LogP contribution in [0.2, 0.25) is 5.02 Å². The lowest BCUT2D eigenvalue weighted by Gasteiger charge is -2.49. The van der Waals surface area contributed by atoms with E-state index in [1.807, 2.05) is 21.8 Å². The quantitative estimate of drug-likeness (QED) is 0.808. The molecule has 2 aromatic rings. The van der Waals surface area contributed by atoms with E-state index in [1.165, 1.54) is 6.20 Å². The molecule has 0 bridgehead atoms. The minimum absolute atomic E-state index is 0.0380. The SMILES string of the molecule is O=C(c1ccc(Cl)cn1)N1CCC2(CC1)CC(O)CN(CCCn1cccn1)C2. The van der Waals surface area contributed by atoms with Crippen LogP contribution in [0.25, 0.3) is 0 Å². The van der Waals surface area contributed by atoms with Gasteiger partial charge in [-0.3, -0.25) is 9.48 Å². The van der Waals surface area contributed by atoms with Crippen molar-refractivity contribution in [3.8, 4) is 0 Å². The third-order valence-corrected chi connectivity index (χ3v) is 6.40. The van der Waals surface area contributed by atoms with Crippen LogP contribution in [0.5, 0.6) is 0 Å². The van der Waals surface area contributed by atoms with E-state index in [1.54, 1.807) is 18.3 Å². The number of likely N-dealkylation sites (tertiary alicyclic amines) is 2. The van der Waals surface area contributed by atoms with E-state index in [0.717, 1.165) is 51.9 Å². The number of carbonyl (C=O) groups excluding carboxylic acids is 1. The zero-order valence-corrected chi connectivity index (χ0v) is 17.3. The lowest BCUT2D eigenvalue weighted by Crippen LogP contribution is -2.54. The van der Waals surface area contributed by atoms with Crippen LogP contribution < -0.4 is 0 Å². The minimum atomic E-state index is -0.298. The number of β-amino-alcohol motifs (C(OH)–C–C–N with tert-alkyl or cyclic N) is 1. The average Bonchev–Trinajstić information content (AvgIpc) is 3.22. The Labute approximate surface area is 176 Å². The highest BCUT2D eigenvalue weighted by molar-refractivity contribution is 6.30. The Balaban J connectivity index is 1.31. The van der Waals surface area contributed by atoms with Gasteiger partial charge in [0.15, 0.2) is 0 Å². The Bertz CT molecular complexity index is 803. The van der Waals surface area contributed by atoms with Crippen LogP contribution in [0, 0.1) is 5.41 Å². The molecule has 0 aliphatic carbocycles. The van der Waals surface area contributed by atoms with Crippen LogP contribution in [0.4, 0.5) is 0 Å². The molecule has 2 aliphatic heterocycles. The number of halogens is 1. The number of pyridine rings is 1. The van der Waals surface area contributed by atoms with Crippen molar-refractivity contribution in [1.82, 2.24) is 24.6 Å². The van der Waals surface area contributed by atoms with Crippen molar-refractivity contribution >= 4 is 17.5 Å². The molecule has 4 rings (SSSR count). The molecule has 0 aromatic carbocycles. The fourth-order valence-electron chi connectivity index (χ4n) is 4.74. The standard InChI is InChI=1S/C21H28ClN5O2/c22-17-3-4-19(23-14-17)20(29)26-11-5-21(6-12-26)13-18(28)15-25(16-21)8-2-10-27-9-1-7-24-27/h1,3-4,7,9,14,18,28H,2,5-6,8,10-13,15-16H2. The first kappa shape index (κ1) is 20.3. The predicted octanol–water partition coefficient (Wildman–Crippen LogP) is 2.31. The summed E-state index contributed by atoms with van der Waals surface area (Å²) in [5.41, 5.74) is 0.530. The van der Waals surface area contributed by atoms with Gasteiger partial charge in [-0.2, -0.15) is 5.10 Å². The molecule has 0 radical (unpaired) electrons. The molecule has 0 saturated carbocycles. The van der Waals surface area contributed by atoms with Crippen LogP contribution in [-0.4, -0.2) is 74.4 Å². The molecule has 8 heteroatoms. The third kappa shape index (κ3) is 4.97. The van der Waals surface area contributed by atoms with Gasteiger partial charge in [0.2, 0.25) is 0 Å². The van der Waals surface area contributed by atoms with Gasteiger partial charge >= 0.3 is 0 Å². The van der Waals surface area contributed by atoms with E-state index in [0.29, 0.717) is 23.8 Å². The van der Waals surface area contributed by atoms with Gasteiger partial charge < -0.3 is 14.9 Å². The number of carbonyl (C=O) groups is 1. The molecule has 1 amide bonds. The molecular formula is C21H28ClN5O2. The summed E-state index contributed by atoms with van der Waals surface area (Å²) in [7, 11) is 0. The fourth-order valence-corrected chi connectivity index (χ4v) is 4.85. The van der Waals surface area contributed by atoms with Gasteiger partial charge in [-0.25, -0.2) is 4.98 Å². The summed E-state index contributed by atoms with van der Waals surface area (Å²) in [6.07, 6.45) is 8.66. The maximum Gasteiger partial charge on any atom is 0.272 e. The topological polar surface area (TPSA) is 74.5 Å². The van der Waals surface area contributed by atoms with Gasteiger partial charge in [0, 0.05) is 57.9 Å². The minimum Gasteiger partial charge on any atom is -0.392 e. The summed E-state index contributed by atoms with van der Waals surface area (Å²) in [5, 5.41) is 15.3. The van der Waals surface area contributed by atoms with Crippen molar-refractivity contribution in [2.24, 2.45) is 5.41 Å². The van der Waals surface area contributed by atoms with E-state index in [-0.39, 0.29) is 17.4 Å². The second-order valence-electron chi connectivity index (χ2n) is 8.37. The number of hydrogen-bond acceptors (Lipinski definition) is 5. The molecule has 1 N–H and O–H groups in total. The number of amides is 1. The lowest BCUT2D eigenvalue weighted by atomic mass is 9.71. The first-order chi connectivity index (χ1) is 14.0. The van der Waals surface area contributed by atoms with E-state index in [9.17, 15) is 9.90 Å². The average molecular weight is 418 g/mol. The molecule has 2 fully saturated rings. The molecule has 29 heavy (non-hydrogen) atoms. The number of rotatable bonds is 5. The molecule has 7 nitrogen and oxygen atoms in total. The second-order valence-corrected chi connectivity index (χ2v) is 8.81. The van der Waals surface area contributed by atoms with Crippen molar-refractivity contribution in [2.45, 2.75) is 38.3 Å². The molecule has 2 aliphatic rings. The maximum atomic E-state index is 12.7. The van der Waals surface area contributed by atoms with Crippen molar-refractivity contribution in [2.75, 3.05) is 32.7 Å². The molecule has 1 spiro atoms. The molecule has 4 heterocycles. The normalized spacial score (nSPS) is 22.1. The van der Waals surface area contributed by atoms with Gasteiger partial charge in [0.1, 0.15) is 5.69 Å². The number of hydrogen-bond donors (Lipinski definition) is 1. The molecule has 2 aromatic heterocycles. The Kier molecular flexibility index (Phi) is 6.18. The number of aromatic nitrogens is 3. The lowest BCUT2D eigenvalue weighted by molar-refractivity contribution is -0.0381. The molecule has 1 unspecified atom stereocenters. The van der Waals surface area contributed by atoms with E-state index < -0.39 is 0 Å². The Morgan fingerprint density at radius 3 is 2.79 bits per heavy atom. The highest BCUT2D eigenvalue weighted by atomic mass is 35.5. The summed E-state index contributed by atoms with van der Waals surface area (Å²) in [6.45, 7) is 4.98. The van der Waals surface area contributed by atoms with Crippen LogP contribution >= 0.6 is 11.6 Å². The summed E-state index contributed by atoms with van der Waals surface area (Å²) >= 11 is 5.87. The summed E-state index contributed by atoms with van der Waals surface area (Å²) in [5.74, 6) is -0.0380. The number of aryl methyl sites for hydroxylation is 1. The number of nitrogens with zero attached hydrogens (tertiary/aromatic N) is 5.